The van der Waals surface area contributed by atoms with Gasteiger partial charge in [-0.25, -0.2) is 0 Å². The lowest BCUT2D eigenvalue weighted by Gasteiger charge is -2.32. The maximum Gasteiger partial charge on any atom is 0.0233 e. The van der Waals surface area contributed by atoms with E-state index in [9.17, 15) is 0 Å². The summed E-state index contributed by atoms with van der Waals surface area (Å²) in [6.45, 7) is 4.84. The monoisotopic (exact) mass is 294 g/mol. The molecule has 1 aliphatic heterocycles. The fourth-order valence-electron chi connectivity index (χ4n) is 3.37. The largest absolute Gasteiger partial charge is 0.319 e. The van der Waals surface area contributed by atoms with Gasteiger partial charge < -0.3 is 5.32 Å². The summed E-state index contributed by atoms with van der Waals surface area (Å²) >= 11 is 0. The SMILES string of the molecule is CNCC1CCCN(Cc2cccc(C3CC3)c2)C1.Cl. The lowest BCUT2D eigenvalue weighted by molar-refractivity contribution is 0.167. The molecule has 0 spiro atoms. The van der Waals surface area contributed by atoms with Gasteiger partial charge in [0.25, 0.3) is 0 Å². The molecule has 3 rings (SSSR count). The Morgan fingerprint density at radius 1 is 1.25 bits per heavy atom. The van der Waals surface area contributed by atoms with Gasteiger partial charge in [-0.05, 0) is 68.8 Å². The van der Waals surface area contributed by atoms with Gasteiger partial charge in [0.1, 0.15) is 0 Å². The Bertz CT molecular complexity index is 415. The molecular weight excluding hydrogens is 268 g/mol. The van der Waals surface area contributed by atoms with Crippen molar-refractivity contribution >= 4 is 12.4 Å². The van der Waals surface area contributed by atoms with Crippen LogP contribution < -0.4 is 5.32 Å². The van der Waals surface area contributed by atoms with Gasteiger partial charge in [-0.1, -0.05) is 24.3 Å². The summed E-state index contributed by atoms with van der Waals surface area (Å²) < 4.78 is 0. The lowest BCUT2D eigenvalue weighted by atomic mass is 9.97. The minimum atomic E-state index is 0. The van der Waals surface area contributed by atoms with Crippen LogP contribution in [0.25, 0.3) is 0 Å². The number of piperidine rings is 1. The molecule has 0 radical (unpaired) electrons. The molecule has 1 saturated heterocycles. The molecule has 1 heterocycles. The predicted octanol–water partition coefficient (Wildman–Crippen LogP) is 3.42. The highest BCUT2D eigenvalue weighted by Gasteiger charge is 2.24. The number of nitrogens with one attached hydrogen (secondary N) is 1. The molecule has 1 atom stereocenters. The van der Waals surface area contributed by atoms with Gasteiger partial charge in [-0.3, -0.25) is 4.90 Å². The second-order valence-corrected chi connectivity index (χ2v) is 6.32. The molecule has 1 N–H and O–H groups in total. The second-order valence-electron chi connectivity index (χ2n) is 6.32. The third kappa shape index (κ3) is 4.21. The summed E-state index contributed by atoms with van der Waals surface area (Å²) in [5, 5.41) is 3.33. The van der Waals surface area contributed by atoms with Gasteiger partial charge in [-0.15, -0.1) is 12.4 Å². The van der Waals surface area contributed by atoms with Crippen LogP contribution in [0.2, 0.25) is 0 Å². The second kappa shape index (κ2) is 7.44. The number of rotatable bonds is 5. The van der Waals surface area contributed by atoms with Crippen molar-refractivity contribution < 1.29 is 0 Å². The van der Waals surface area contributed by atoms with E-state index in [1.807, 2.05) is 0 Å². The first-order valence-electron chi connectivity index (χ1n) is 7.81. The number of hydrogen-bond donors (Lipinski definition) is 1. The van der Waals surface area contributed by atoms with Crippen LogP contribution in [0.5, 0.6) is 0 Å². The van der Waals surface area contributed by atoms with Gasteiger partial charge in [0.2, 0.25) is 0 Å². The molecule has 3 heteroatoms. The summed E-state index contributed by atoms with van der Waals surface area (Å²) in [5.41, 5.74) is 3.08. The zero-order chi connectivity index (χ0) is 13.1. The Balaban J connectivity index is 0.00000147. The summed E-state index contributed by atoms with van der Waals surface area (Å²) in [5.74, 6) is 1.71. The third-order valence-electron chi connectivity index (χ3n) is 4.50. The summed E-state index contributed by atoms with van der Waals surface area (Å²) in [7, 11) is 2.07. The molecule has 1 aromatic carbocycles. The molecule has 2 aliphatic rings. The van der Waals surface area contributed by atoms with E-state index in [0.717, 1.165) is 18.4 Å². The van der Waals surface area contributed by atoms with Gasteiger partial charge in [0.05, 0.1) is 0 Å². The van der Waals surface area contributed by atoms with Crippen LogP contribution in [0.4, 0.5) is 0 Å². The molecule has 2 nitrogen and oxygen atoms in total. The average Bonchev–Trinajstić information content (AvgIpc) is 3.24. The first-order valence-corrected chi connectivity index (χ1v) is 7.81. The normalized spacial score (nSPS) is 23.4. The Morgan fingerprint density at radius 2 is 2.10 bits per heavy atom. The summed E-state index contributed by atoms with van der Waals surface area (Å²) in [6, 6.07) is 9.30. The van der Waals surface area contributed by atoms with Crippen molar-refractivity contribution in [2.24, 2.45) is 5.92 Å². The zero-order valence-corrected chi connectivity index (χ0v) is 13.3. The Kier molecular flexibility index (Phi) is 5.88. The van der Waals surface area contributed by atoms with E-state index in [1.165, 1.54) is 50.9 Å². The van der Waals surface area contributed by atoms with Gasteiger partial charge in [0.15, 0.2) is 0 Å². The van der Waals surface area contributed by atoms with Crippen molar-refractivity contribution in [2.75, 3.05) is 26.7 Å². The summed E-state index contributed by atoms with van der Waals surface area (Å²) in [4.78, 5) is 2.64. The molecule has 1 aromatic rings. The number of halogens is 1. The first-order chi connectivity index (χ1) is 9.35. The molecule has 20 heavy (non-hydrogen) atoms. The van der Waals surface area contributed by atoms with Gasteiger partial charge in [-0.2, -0.15) is 0 Å². The van der Waals surface area contributed by atoms with Crippen molar-refractivity contribution in [3.8, 4) is 0 Å². The van der Waals surface area contributed by atoms with E-state index < -0.39 is 0 Å². The average molecular weight is 295 g/mol. The van der Waals surface area contributed by atoms with E-state index in [4.69, 9.17) is 0 Å². The van der Waals surface area contributed by atoms with Crippen molar-refractivity contribution in [3.63, 3.8) is 0 Å². The van der Waals surface area contributed by atoms with Crippen molar-refractivity contribution in [3.05, 3.63) is 35.4 Å². The fraction of sp³-hybridized carbons (Fsp3) is 0.647. The quantitative estimate of drug-likeness (QED) is 0.895. The van der Waals surface area contributed by atoms with E-state index in [2.05, 4.69) is 41.5 Å². The fourth-order valence-corrected chi connectivity index (χ4v) is 3.37. The third-order valence-corrected chi connectivity index (χ3v) is 4.50. The first kappa shape index (κ1) is 15.8. The molecular formula is C17H27ClN2. The maximum absolute atomic E-state index is 3.33. The minimum Gasteiger partial charge on any atom is -0.319 e. The molecule has 1 aliphatic carbocycles. The van der Waals surface area contributed by atoms with E-state index >= 15 is 0 Å². The van der Waals surface area contributed by atoms with E-state index in [0.29, 0.717) is 0 Å². The van der Waals surface area contributed by atoms with Gasteiger partial charge >= 0.3 is 0 Å². The lowest BCUT2D eigenvalue weighted by Crippen LogP contribution is -2.38. The van der Waals surface area contributed by atoms with Crippen LogP contribution in [0.3, 0.4) is 0 Å². The van der Waals surface area contributed by atoms with Gasteiger partial charge in [0, 0.05) is 13.1 Å². The topological polar surface area (TPSA) is 15.3 Å². The van der Waals surface area contributed by atoms with Crippen LogP contribution in [0, 0.1) is 5.92 Å². The smallest absolute Gasteiger partial charge is 0.0233 e. The van der Waals surface area contributed by atoms with Crippen LogP contribution in [-0.4, -0.2) is 31.6 Å². The highest BCUT2D eigenvalue weighted by atomic mass is 35.5. The highest BCUT2D eigenvalue weighted by Crippen LogP contribution is 2.40. The number of nitrogens with zero attached hydrogens (tertiary/aromatic N) is 1. The molecule has 0 aromatic heterocycles. The van der Waals surface area contributed by atoms with Crippen LogP contribution in [-0.2, 0) is 6.54 Å². The highest BCUT2D eigenvalue weighted by molar-refractivity contribution is 5.85. The molecule has 1 saturated carbocycles. The van der Waals surface area contributed by atoms with Crippen molar-refractivity contribution in [2.45, 2.75) is 38.1 Å². The van der Waals surface area contributed by atoms with E-state index in [1.54, 1.807) is 5.56 Å². The number of benzene rings is 1. The molecule has 0 amide bonds. The van der Waals surface area contributed by atoms with Crippen LogP contribution >= 0.6 is 12.4 Å². The number of likely N-dealkylation sites (tertiary alicyclic amines) is 1. The Labute approximate surface area is 129 Å². The molecule has 2 fully saturated rings. The Morgan fingerprint density at radius 3 is 2.85 bits per heavy atom. The minimum absolute atomic E-state index is 0. The summed E-state index contributed by atoms with van der Waals surface area (Å²) in [6.07, 6.45) is 5.54. The molecule has 0 bridgehead atoms. The van der Waals surface area contributed by atoms with E-state index in [-0.39, 0.29) is 12.4 Å². The van der Waals surface area contributed by atoms with Crippen LogP contribution in [0.1, 0.15) is 42.7 Å². The van der Waals surface area contributed by atoms with Crippen molar-refractivity contribution in [1.29, 1.82) is 0 Å². The van der Waals surface area contributed by atoms with Crippen molar-refractivity contribution in [1.82, 2.24) is 10.2 Å². The molecule has 1 unspecified atom stereocenters. The number of hydrogen-bond acceptors (Lipinski definition) is 2. The Hall–Kier alpha value is -0.570. The standard InChI is InChI=1S/C17H26N2.ClH/c1-18-11-15-5-3-9-19(13-15)12-14-4-2-6-17(10-14)16-7-8-16;/h2,4,6,10,15-16,18H,3,5,7-9,11-13H2,1H3;1H. The zero-order valence-electron chi connectivity index (χ0n) is 12.5. The maximum atomic E-state index is 3.33. The predicted molar refractivity (Wildman–Crippen MR) is 87.6 cm³/mol. The molecule has 112 valence electrons. The van der Waals surface area contributed by atoms with Crippen LogP contribution in [0.15, 0.2) is 24.3 Å².